The molecule has 5 heteroatoms. The number of halogens is 2. The Bertz CT molecular complexity index is 452. The lowest BCUT2D eigenvalue weighted by Crippen LogP contribution is -2.16. The third-order valence-electron chi connectivity index (χ3n) is 2.12. The summed E-state index contributed by atoms with van der Waals surface area (Å²) in [5.74, 6) is 0. The van der Waals surface area contributed by atoms with E-state index in [0.717, 1.165) is 0 Å². The molecule has 1 N–H and O–H groups in total. The van der Waals surface area contributed by atoms with E-state index in [1.165, 1.54) is 17.8 Å². The topological polar surface area (TPSA) is 12.0 Å². The van der Waals surface area contributed by atoms with Crippen molar-refractivity contribution >= 4 is 61.2 Å². The molecule has 80 valence electrons. The molecule has 0 aromatic carbocycles. The van der Waals surface area contributed by atoms with Crippen LogP contribution in [0.15, 0.2) is 27.4 Å². The van der Waals surface area contributed by atoms with Gasteiger partial charge in [0.2, 0.25) is 0 Å². The van der Waals surface area contributed by atoms with Gasteiger partial charge < -0.3 is 5.32 Å². The van der Waals surface area contributed by atoms with Gasteiger partial charge in [-0.15, -0.1) is 22.7 Å². The summed E-state index contributed by atoms with van der Waals surface area (Å²) in [7, 11) is 2.00. The molecule has 0 fully saturated rings. The molecule has 1 nitrogen and oxygen atoms in total. The Morgan fingerprint density at radius 3 is 2.73 bits per heavy atom. The van der Waals surface area contributed by atoms with E-state index in [4.69, 9.17) is 0 Å². The van der Waals surface area contributed by atoms with E-state index in [2.05, 4.69) is 66.7 Å². The van der Waals surface area contributed by atoms with Gasteiger partial charge >= 0.3 is 0 Å². The largest absolute Gasteiger partial charge is 0.309 e. The van der Waals surface area contributed by atoms with Crippen molar-refractivity contribution in [3.8, 4) is 0 Å². The molecule has 0 saturated carbocycles. The van der Waals surface area contributed by atoms with Crippen molar-refractivity contribution in [3.63, 3.8) is 0 Å². The highest BCUT2D eigenvalue weighted by Crippen LogP contribution is 2.34. The average molecular weight is 414 g/mol. The lowest BCUT2D eigenvalue weighted by Gasteiger charge is -2.13. The summed E-state index contributed by atoms with van der Waals surface area (Å²) in [6.45, 7) is 0. The predicted octanol–water partition coefficient (Wildman–Crippen LogP) is 4.49. The second kappa shape index (κ2) is 5.27. The van der Waals surface area contributed by atoms with Crippen LogP contribution in [0.5, 0.6) is 0 Å². The molecule has 1 unspecified atom stereocenters. The van der Waals surface area contributed by atoms with Gasteiger partial charge in [0.1, 0.15) is 0 Å². The highest BCUT2D eigenvalue weighted by atomic mass is 127. The van der Waals surface area contributed by atoms with Crippen LogP contribution in [-0.4, -0.2) is 7.05 Å². The fraction of sp³-hybridized carbons (Fsp3) is 0.200. The molecule has 1 atom stereocenters. The van der Waals surface area contributed by atoms with Gasteiger partial charge in [-0.05, 0) is 74.0 Å². The molecule has 2 aromatic rings. The summed E-state index contributed by atoms with van der Waals surface area (Å²) in [4.78, 5) is 1.34. The van der Waals surface area contributed by atoms with Gasteiger partial charge in [0.05, 0.1) is 8.93 Å². The highest BCUT2D eigenvalue weighted by molar-refractivity contribution is 14.1. The number of nitrogens with one attached hydrogen (secondary N) is 1. The van der Waals surface area contributed by atoms with E-state index >= 15 is 0 Å². The fourth-order valence-electron chi connectivity index (χ4n) is 1.44. The maximum atomic E-state index is 3.58. The third-order valence-corrected chi connectivity index (χ3v) is 5.86. The highest BCUT2D eigenvalue weighted by Gasteiger charge is 2.17. The first-order chi connectivity index (χ1) is 7.22. The van der Waals surface area contributed by atoms with Crippen molar-refractivity contribution in [1.82, 2.24) is 5.32 Å². The normalized spacial score (nSPS) is 13.0. The van der Waals surface area contributed by atoms with Crippen molar-refractivity contribution in [2.75, 3.05) is 7.05 Å². The SMILES string of the molecule is CNC(c1csc(I)c1)c1sccc1Br. The van der Waals surface area contributed by atoms with Crippen LogP contribution in [-0.2, 0) is 0 Å². The predicted molar refractivity (Wildman–Crippen MR) is 80.0 cm³/mol. The fourth-order valence-corrected chi connectivity index (χ4v) is 4.57. The zero-order valence-corrected chi connectivity index (χ0v) is 13.3. The van der Waals surface area contributed by atoms with Crippen molar-refractivity contribution < 1.29 is 0 Å². The molecule has 2 heterocycles. The molecular weight excluding hydrogens is 405 g/mol. The number of thiophene rings is 2. The van der Waals surface area contributed by atoms with E-state index in [1.807, 2.05) is 7.05 Å². The Balaban J connectivity index is 2.36. The minimum absolute atomic E-state index is 0.305. The first-order valence-corrected chi connectivity index (χ1v) is 7.99. The van der Waals surface area contributed by atoms with Crippen molar-refractivity contribution in [2.45, 2.75) is 6.04 Å². The number of hydrogen-bond acceptors (Lipinski definition) is 3. The molecule has 0 aliphatic carbocycles. The average Bonchev–Trinajstić information content (AvgIpc) is 2.79. The van der Waals surface area contributed by atoms with Crippen LogP contribution in [0.1, 0.15) is 16.5 Å². The van der Waals surface area contributed by atoms with Crippen LogP contribution < -0.4 is 5.32 Å². The van der Waals surface area contributed by atoms with Gasteiger partial charge in [0.15, 0.2) is 0 Å². The Morgan fingerprint density at radius 2 is 2.27 bits per heavy atom. The molecule has 0 aliphatic heterocycles. The van der Waals surface area contributed by atoms with Gasteiger partial charge in [0, 0.05) is 9.35 Å². The maximum absolute atomic E-state index is 3.58. The van der Waals surface area contributed by atoms with E-state index in [0.29, 0.717) is 6.04 Å². The molecule has 15 heavy (non-hydrogen) atoms. The monoisotopic (exact) mass is 413 g/mol. The van der Waals surface area contributed by atoms with Crippen LogP contribution in [0.25, 0.3) is 0 Å². The lowest BCUT2D eigenvalue weighted by molar-refractivity contribution is 0.704. The lowest BCUT2D eigenvalue weighted by atomic mass is 10.1. The quantitative estimate of drug-likeness (QED) is 0.731. The molecule has 0 aliphatic rings. The van der Waals surface area contributed by atoms with Gasteiger partial charge in [-0.25, -0.2) is 0 Å². The Labute approximate surface area is 119 Å². The van der Waals surface area contributed by atoms with E-state index in [1.54, 1.807) is 22.7 Å². The van der Waals surface area contributed by atoms with Crippen molar-refractivity contribution in [2.24, 2.45) is 0 Å². The summed E-state index contributed by atoms with van der Waals surface area (Å²) in [5.41, 5.74) is 1.34. The molecule has 0 bridgehead atoms. The summed E-state index contributed by atoms with van der Waals surface area (Å²) in [6, 6.07) is 4.64. The van der Waals surface area contributed by atoms with Gasteiger partial charge in [-0.1, -0.05) is 0 Å². The molecular formula is C10H9BrINS2. The Hall–Kier alpha value is 0.570. The van der Waals surface area contributed by atoms with Crippen LogP contribution >= 0.6 is 61.2 Å². The molecule has 0 radical (unpaired) electrons. The minimum Gasteiger partial charge on any atom is -0.309 e. The summed E-state index contributed by atoms with van der Waals surface area (Å²) in [6.07, 6.45) is 0. The third kappa shape index (κ3) is 2.63. The molecule has 0 saturated heterocycles. The second-order valence-electron chi connectivity index (χ2n) is 3.04. The van der Waals surface area contributed by atoms with Crippen molar-refractivity contribution in [1.29, 1.82) is 0 Å². The minimum atomic E-state index is 0.305. The second-order valence-corrected chi connectivity index (χ2v) is 7.65. The Kier molecular flexibility index (Phi) is 4.23. The van der Waals surface area contributed by atoms with Crippen LogP contribution in [0.2, 0.25) is 0 Å². The molecule has 2 aromatic heterocycles. The zero-order chi connectivity index (χ0) is 10.8. The van der Waals surface area contributed by atoms with E-state index in [-0.39, 0.29) is 0 Å². The number of rotatable bonds is 3. The molecule has 0 amide bonds. The first kappa shape index (κ1) is 12.0. The zero-order valence-electron chi connectivity index (χ0n) is 7.96. The van der Waals surface area contributed by atoms with Crippen LogP contribution in [0.4, 0.5) is 0 Å². The summed E-state index contributed by atoms with van der Waals surface area (Å²) < 4.78 is 2.52. The van der Waals surface area contributed by atoms with Crippen molar-refractivity contribution in [3.05, 3.63) is 40.7 Å². The maximum Gasteiger partial charge on any atom is 0.0688 e. The van der Waals surface area contributed by atoms with Crippen LogP contribution in [0, 0.1) is 2.88 Å². The Morgan fingerprint density at radius 1 is 1.47 bits per heavy atom. The van der Waals surface area contributed by atoms with Gasteiger partial charge in [0.25, 0.3) is 0 Å². The van der Waals surface area contributed by atoms with E-state index in [9.17, 15) is 0 Å². The number of hydrogen-bond donors (Lipinski definition) is 1. The van der Waals surface area contributed by atoms with E-state index < -0.39 is 0 Å². The smallest absolute Gasteiger partial charge is 0.0688 e. The summed E-state index contributed by atoms with van der Waals surface area (Å²) in [5, 5.41) is 7.69. The standard InChI is InChI=1S/C10H9BrINS2/c1-13-9(6-4-8(12)15-5-6)10-7(11)2-3-14-10/h2-5,9,13H,1H3. The van der Waals surface area contributed by atoms with Gasteiger partial charge in [-0.3, -0.25) is 0 Å². The molecule has 2 rings (SSSR count). The molecule has 0 spiro atoms. The van der Waals surface area contributed by atoms with Crippen LogP contribution in [0.3, 0.4) is 0 Å². The first-order valence-electron chi connectivity index (χ1n) is 4.36. The van der Waals surface area contributed by atoms with Gasteiger partial charge in [-0.2, -0.15) is 0 Å². The summed E-state index contributed by atoms with van der Waals surface area (Å²) >= 11 is 9.51.